The van der Waals surface area contributed by atoms with Gasteiger partial charge in [0.25, 0.3) is 5.91 Å². The molecule has 0 unspecified atom stereocenters. The summed E-state index contributed by atoms with van der Waals surface area (Å²) in [6, 6.07) is 10.4. The third-order valence-electron chi connectivity index (χ3n) is 6.34. The van der Waals surface area contributed by atoms with Crippen molar-refractivity contribution >= 4 is 11.7 Å². The van der Waals surface area contributed by atoms with E-state index in [-0.39, 0.29) is 23.9 Å². The van der Waals surface area contributed by atoms with E-state index in [2.05, 4.69) is 39.5 Å². The van der Waals surface area contributed by atoms with Crippen molar-refractivity contribution in [2.75, 3.05) is 18.8 Å². The van der Waals surface area contributed by atoms with Gasteiger partial charge in [0.05, 0.1) is 11.7 Å². The molecule has 4 N–H and O–H groups in total. The van der Waals surface area contributed by atoms with Crippen LogP contribution < -0.4 is 11.1 Å². The number of hydrogen-bond donors (Lipinski definition) is 3. The Bertz CT molecular complexity index is 854. The second-order valence-electron chi connectivity index (χ2n) is 8.67. The molecule has 6 nitrogen and oxygen atoms in total. The molecule has 1 aromatic heterocycles. The molecule has 1 aliphatic carbocycles. The lowest BCUT2D eigenvalue weighted by molar-refractivity contribution is 0.0868. The van der Waals surface area contributed by atoms with Gasteiger partial charge in [-0.15, -0.1) is 0 Å². The van der Waals surface area contributed by atoms with E-state index in [9.17, 15) is 9.90 Å². The van der Waals surface area contributed by atoms with Gasteiger partial charge in [0.15, 0.2) is 0 Å². The van der Waals surface area contributed by atoms with Crippen molar-refractivity contribution in [3.63, 3.8) is 0 Å². The van der Waals surface area contributed by atoms with Gasteiger partial charge in [-0.1, -0.05) is 30.7 Å². The number of aliphatic hydroxyl groups is 1. The molecule has 1 amide bonds. The molecule has 1 aliphatic heterocycles. The van der Waals surface area contributed by atoms with Crippen LogP contribution in [0.1, 0.15) is 60.9 Å². The smallest absolute Gasteiger partial charge is 0.255 e. The Morgan fingerprint density at radius 2 is 1.77 bits per heavy atom. The summed E-state index contributed by atoms with van der Waals surface area (Å²) in [4.78, 5) is 19.6. The summed E-state index contributed by atoms with van der Waals surface area (Å²) >= 11 is 0. The normalized spacial score (nSPS) is 22.6. The molecule has 4 rings (SSSR count). The molecule has 2 fully saturated rings. The molecular weight excluding hydrogens is 376 g/mol. The molecule has 1 saturated carbocycles. The van der Waals surface area contributed by atoms with Crippen LogP contribution >= 0.6 is 0 Å². The number of nitrogen functional groups attached to an aromatic ring is 1. The van der Waals surface area contributed by atoms with Gasteiger partial charge in [-0.3, -0.25) is 9.69 Å². The lowest BCUT2D eigenvalue weighted by Gasteiger charge is -2.26. The Balaban J connectivity index is 1.43. The van der Waals surface area contributed by atoms with E-state index < -0.39 is 0 Å². The molecule has 2 aliphatic rings. The van der Waals surface area contributed by atoms with Crippen molar-refractivity contribution in [2.24, 2.45) is 0 Å². The minimum absolute atomic E-state index is 0.0815. The number of aromatic nitrogens is 1. The fourth-order valence-electron chi connectivity index (χ4n) is 4.48. The summed E-state index contributed by atoms with van der Waals surface area (Å²) in [5, 5.41) is 12.7. The quantitative estimate of drug-likeness (QED) is 0.706. The van der Waals surface area contributed by atoms with E-state index in [4.69, 9.17) is 5.73 Å². The summed E-state index contributed by atoms with van der Waals surface area (Å²) < 4.78 is 0. The van der Waals surface area contributed by atoms with E-state index in [1.807, 2.05) is 6.07 Å². The maximum atomic E-state index is 12.8. The Morgan fingerprint density at radius 3 is 2.47 bits per heavy atom. The number of nitrogens with one attached hydrogen (secondary N) is 1. The number of hydrogen-bond acceptors (Lipinski definition) is 5. The predicted molar refractivity (Wildman–Crippen MR) is 119 cm³/mol. The zero-order valence-corrected chi connectivity index (χ0v) is 17.5. The van der Waals surface area contributed by atoms with Crippen molar-refractivity contribution < 1.29 is 9.90 Å². The molecule has 6 heteroatoms. The van der Waals surface area contributed by atoms with Crippen LogP contribution in [-0.2, 0) is 6.54 Å². The van der Waals surface area contributed by atoms with Crippen molar-refractivity contribution in [2.45, 2.75) is 63.6 Å². The first-order chi connectivity index (χ1) is 14.6. The first-order valence-electron chi connectivity index (χ1n) is 11.1. The predicted octanol–water partition coefficient (Wildman–Crippen LogP) is 3.35. The van der Waals surface area contributed by atoms with Gasteiger partial charge in [-0.05, 0) is 68.8 Å². The summed E-state index contributed by atoms with van der Waals surface area (Å²) in [6.45, 7) is 3.36. The van der Waals surface area contributed by atoms with Gasteiger partial charge in [0.1, 0.15) is 5.82 Å². The first-order valence-corrected chi connectivity index (χ1v) is 11.1. The molecule has 160 valence electrons. The van der Waals surface area contributed by atoms with Crippen LogP contribution in [0.5, 0.6) is 0 Å². The van der Waals surface area contributed by atoms with Crippen LogP contribution in [0.15, 0.2) is 36.5 Å². The first kappa shape index (κ1) is 20.8. The molecule has 0 spiro atoms. The zero-order chi connectivity index (χ0) is 20.9. The Hall–Kier alpha value is -2.44. The highest BCUT2D eigenvalue weighted by Crippen LogP contribution is 2.24. The number of pyridine rings is 1. The number of aliphatic hydroxyl groups excluding tert-OH is 1. The van der Waals surface area contributed by atoms with E-state index >= 15 is 0 Å². The number of benzene rings is 1. The number of nitrogens with zero attached hydrogens (tertiary/aromatic N) is 2. The lowest BCUT2D eigenvalue weighted by Crippen LogP contribution is -2.38. The summed E-state index contributed by atoms with van der Waals surface area (Å²) in [5.41, 5.74) is 9.64. The summed E-state index contributed by atoms with van der Waals surface area (Å²) in [7, 11) is 0. The van der Waals surface area contributed by atoms with Crippen LogP contribution in [0.25, 0.3) is 11.1 Å². The van der Waals surface area contributed by atoms with Crippen LogP contribution in [0, 0.1) is 0 Å². The van der Waals surface area contributed by atoms with Gasteiger partial charge < -0.3 is 16.2 Å². The number of rotatable bonds is 5. The van der Waals surface area contributed by atoms with Gasteiger partial charge in [0, 0.05) is 24.3 Å². The highest BCUT2D eigenvalue weighted by atomic mass is 16.3. The van der Waals surface area contributed by atoms with Gasteiger partial charge in [0.2, 0.25) is 0 Å². The number of likely N-dealkylation sites (tertiary alicyclic amines) is 1. The van der Waals surface area contributed by atoms with Gasteiger partial charge in [-0.2, -0.15) is 0 Å². The van der Waals surface area contributed by atoms with E-state index in [1.54, 1.807) is 6.20 Å². The Morgan fingerprint density at radius 1 is 1.07 bits per heavy atom. The monoisotopic (exact) mass is 408 g/mol. The molecule has 30 heavy (non-hydrogen) atoms. The van der Waals surface area contributed by atoms with E-state index in [0.29, 0.717) is 5.56 Å². The maximum Gasteiger partial charge on any atom is 0.255 e. The number of amides is 1. The average Bonchev–Trinajstić information content (AvgIpc) is 2.77. The molecule has 0 atom stereocenters. The number of carbonyl (C=O) groups is 1. The van der Waals surface area contributed by atoms with E-state index in [0.717, 1.165) is 43.4 Å². The second-order valence-corrected chi connectivity index (χ2v) is 8.67. The lowest BCUT2D eigenvalue weighted by atomic mass is 9.93. The minimum atomic E-state index is -0.244. The largest absolute Gasteiger partial charge is 0.393 e. The third-order valence-corrected chi connectivity index (χ3v) is 6.34. The highest BCUT2D eigenvalue weighted by Gasteiger charge is 2.22. The van der Waals surface area contributed by atoms with Crippen molar-refractivity contribution in [1.82, 2.24) is 15.2 Å². The third kappa shape index (κ3) is 5.18. The van der Waals surface area contributed by atoms with Crippen LogP contribution in [0.3, 0.4) is 0 Å². The molecular formula is C24H32N4O2. The Kier molecular flexibility index (Phi) is 6.65. The molecule has 2 aromatic rings. The van der Waals surface area contributed by atoms with Gasteiger partial charge >= 0.3 is 0 Å². The standard InChI is InChI=1S/C24H32N4O2/c25-23-22(24(30)27-20-8-10-21(29)11-9-20)14-19(15-26-23)18-6-4-17(5-7-18)16-28-12-2-1-3-13-28/h4-7,14-15,20-21,29H,1-3,8-13,16H2,(H2,25,26)(H,27,30). The fourth-order valence-corrected chi connectivity index (χ4v) is 4.48. The molecule has 1 aromatic carbocycles. The molecule has 1 saturated heterocycles. The average molecular weight is 409 g/mol. The van der Waals surface area contributed by atoms with Crippen LogP contribution in [0.2, 0.25) is 0 Å². The summed E-state index contributed by atoms with van der Waals surface area (Å²) in [6.07, 6.45) is 8.44. The fraction of sp³-hybridized carbons (Fsp3) is 0.500. The number of anilines is 1. The van der Waals surface area contributed by atoms with Crippen molar-refractivity contribution in [3.05, 3.63) is 47.7 Å². The van der Waals surface area contributed by atoms with Crippen molar-refractivity contribution in [3.8, 4) is 11.1 Å². The van der Waals surface area contributed by atoms with Crippen LogP contribution in [-0.4, -0.2) is 46.1 Å². The maximum absolute atomic E-state index is 12.8. The zero-order valence-electron chi connectivity index (χ0n) is 17.5. The molecule has 0 radical (unpaired) electrons. The second kappa shape index (κ2) is 9.58. The van der Waals surface area contributed by atoms with Crippen molar-refractivity contribution in [1.29, 1.82) is 0 Å². The highest BCUT2D eigenvalue weighted by molar-refractivity contribution is 5.99. The topological polar surface area (TPSA) is 91.5 Å². The van der Waals surface area contributed by atoms with E-state index in [1.165, 1.54) is 37.9 Å². The minimum Gasteiger partial charge on any atom is -0.393 e. The Labute approximate surface area is 178 Å². The van der Waals surface area contributed by atoms with Gasteiger partial charge in [-0.25, -0.2) is 4.98 Å². The molecule has 2 heterocycles. The molecule has 0 bridgehead atoms. The summed E-state index contributed by atoms with van der Waals surface area (Å²) in [5.74, 6) is 0.0544. The van der Waals surface area contributed by atoms with Crippen LogP contribution in [0.4, 0.5) is 5.82 Å². The number of piperidine rings is 1. The number of carbonyl (C=O) groups excluding carboxylic acids is 1. The number of nitrogens with two attached hydrogens (primary N) is 1. The SMILES string of the molecule is Nc1ncc(-c2ccc(CN3CCCCC3)cc2)cc1C(=O)NC1CCC(O)CC1.